The highest BCUT2D eigenvalue weighted by Crippen LogP contribution is 2.13. The predicted octanol–water partition coefficient (Wildman–Crippen LogP) is 2.66. The van der Waals surface area contributed by atoms with E-state index in [1.807, 2.05) is 30.3 Å². The Bertz CT molecular complexity index is 522. The fraction of sp³-hybridized carbons (Fsp3) is 0.0769. The Hall–Kier alpha value is -2.07. The van der Waals surface area contributed by atoms with Crippen LogP contribution in [0.1, 0.15) is 5.69 Å². The highest BCUT2D eigenvalue weighted by Gasteiger charge is 1.97. The van der Waals surface area contributed by atoms with E-state index in [9.17, 15) is 0 Å². The third-order valence-corrected chi connectivity index (χ3v) is 2.51. The maximum absolute atomic E-state index is 5.80. The molecule has 92 valence electrons. The number of hydrazone groups is 1. The molecule has 4 nitrogen and oxygen atoms in total. The Morgan fingerprint density at radius 2 is 2.00 bits per heavy atom. The van der Waals surface area contributed by atoms with E-state index in [0.717, 1.165) is 11.4 Å². The normalized spacial score (nSPS) is 11.3. The second-order valence-electron chi connectivity index (χ2n) is 3.72. The maximum Gasteiger partial charge on any atom is 0.126 e. The summed E-state index contributed by atoms with van der Waals surface area (Å²) in [6.45, 7) is 0. The van der Waals surface area contributed by atoms with Crippen molar-refractivity contribution in [3.63, 3.8) is 0 Å². The molecule has 0 unspecified atom stereocenters. The van der Waals surface area contributed by atoms with E-state index in [1.165, 1.54) is 0 Å². The van der Waals surface area contributed by atoms with Gasteiger partial charge in [-0.1, -0.05) is 17.7 Å². The molecule has 0 saturated heterocycles. The lowest BCUT2D eigenvalue weighted by Crippen LogP contribution is -2.17. The number of rotatable bonds is 4. The lowest BCUT2D eigenvalue weighted by molar-refractivity contribution is 1.11. The van der Waals surface area contributed by atoms with Crippen LogP contribution in [0.5, 0.6) is 0 Å². The minimum Gasteiger partial charge on any atom is -0.385 e. The number of amidine groups is 1. The number of halogens is 1. The Morgan fingerprint density at radius 1 is 1.22 bits per heavy atom. The Labute approximate surface area is 110 Å². The monoisotopic (exact) mass is 260 g/mol. The van der Waals surface area contributed by atoms with Crippen LogP contribution in [-0.4, -0.2) is 10.8 Å². The number of hydrogen-bond acceptors (Lipinski definition) is 3. The number of nitrogens with zero attached hydrogens (tertiary/aromatic N) is 2. The second kappa shape index (κ2) is 6.02. The molecule has 1 aromatic heterocycles. The number of hydrogen-bond donors (Lipinski definition) is 2. The van der Waals surface area contributed by atoms with Gasteiger partial charge in [0.2, 0.25) is 0 Å². The fourth-order valence-electron chi connectivity index (χ4n) is 1.39. The van der Waals surface area contributed by atoms with Crippen LogP contribution in [-0.2, 0) is 6.42 Å². The molecule has 5 heteroatoms. The SMILES string of the molecule is N/C(Cc1ccccn1)=N\Nc1ccc(Cl)cc1. The van der Waals surface area contributed by atoms with Crippen molar-refractivity contribution in [2.75, 3.05) is 5.43 Å². The molecule has 0 bridgehead atoms. The molecule has 0 spiro atoms. The summed E-state index contributed by atoms with van der Waals surface area (Å²) in [4.78, 5) is 4.18. The summed E-state index contributed by atoms with van der Waals surface area (Å²) in [6, 6.07) is 12.9. The molecule has 0 aliphatic carbocycles. The van der Waals surface area contributed by atoms with Gasteiger partial charge in [0.1, 0.15) is 5.84 Å². The second-order valence-corrected chi connectivity index (χ2v) is 4.16. The van der Waals surface area contributed by atoms with Crippen molar-refractivity contribution in [3.8, 4) is 0 Å². The molecule has 0 aliphatic heterocycles. The minimum atomic E-state index is 0.476. The van der Waals surface area contributed by atoms with Crippen molar-refractivity contribution in [1.29, 1.82) is 0 Å². The average molecular weight is 261 g/mol. The van der Waals surface area contributed by atoms with Crippen LogP contribution >= 0.6 is 11.6 Å². The van der Waals surface area contributed by atoms with Gasteiger partial charge in [-0.3, -0.25) is 10.4 Å². The van der Waals surface area contributed by atoms with Gasteiger partial charge in [0.15, 0.2) is 0 Å². The van der Waals surface area contributed by atoms with E-state index in [2.05, 4.69) is 15.5 Å². The Morgan fingerprint density at radius 3 is 2.67 bits per heavy atom. The van der Waals surface area contributed by atoms with Crippen LogP contribution in [0.2, 0.25) is 5.02 Å². The first kappa shape index (κ1) is 12.4. The average Bonchev–Trinajstić information content (AvgIpc) is 2.39. The standard InChI is InChI=1S/C13H13ClN4/c14-10-4-6-11(7-5-10)17-18-13(15)9-12-3-1-2-8-16-12/h1-8,17H,9H2,(H2,15,18). The van der Waals surface area contributed by atoms with E-state index in [-0.39, 0.29) is 0 Å². The van der Waals surface area contributed by atoms with Crippen LogP contribution in [0.15, 0.2) is 53.8 Å². The molecule has 0 aliphatic rings. The summed E-state index contributed by atoms with van der Waals surface area (Å²) in [5, 5.41) is 4.77. The number of aromatic nitrogens is 1. The van der Waals surface area contributed by atoms with E-state index in [4.69, 9.17) is 17.3 Å². The fourth-order valence-corrected chi connectivity index (χ4v) is 1.51. The topological polar surface area (TPSA) is 63.3 Å². The molecule has 2 rings (SSSR count). The van der Waals surface area contributed by atoms with Crippen molar-refractivity contribution in [2.24, 2.45) is 10.8 Å². The third-order valence-electron chi connectivity index (χ3n) is 2.26. The van der Waals surface area contributed by atoms with Crippen molar-refractivity contribution in [3.05, 3.63) is 59.4 Å². The first-order valence-electron chi connectivity index (χ1n) is 5.47. The van der Waals surface area contributed by atoms with Crippen molar-refractivity contribution < 1.29 is 0 Å². The molecule has 3 N–H and O–H groups in total. The largest absolute Gasteiger partial charge is 0.385 e. The highest BCUT2D eigenvalue weighted by molar-refractivity contribution is 6.30. The first-order valence-corrected chi connectivity index (χ1v) is 5.85. The Kier molecular flexibility index (Phi) is 4.15. The van der Waals surface area contributed by atoms with Gasteiger partial charge in [0.25, 0.3) is 0 Å². The molecule has 0 atom stereocenters. The molecule has 0 fully saturated rings. The van der Waals surface area contributed by atoms with E-state index >= 15 is 0 Å². The molecule has 18 heavy (non-hydrogen) atoms. The van der Waals surface area contributed by atoms with Crippen LogP contribution in [0.25, 0.3) is 0 Å². The van der Waals surface area contributed by atoms with Crippen molar-refractivity contribution >= 4 is 23.1 Å². The van der Waals surface area contributed by atoms with Gasteiger partial charge in [-0.05, 0) is 36.4 Å². The molecule has 0 amide bonds. The van der Waals surface area contributed by atoms with Gasteiger partial charge >= 0.3 is 0 Å². The van der Waals surface area contributed by atoms with E-state index < -0.39 is 0 Å². The highest BCUT2D eigenvalue weighted by atomic mass is 35.5. The summed E-state index contributed by atoms with van der Waals surface area (Å²) in [7, 11) is 0. The smallest absolute Gasteiger partial charge is 0.126 e. The lowest BCUT2D eigenvalue weighted by Gasteiger charge is -2.03. The lowest BCUT2D eigenvalue weighted by atomic mass is 10.2. The van der Waals surface area contributed by atoms with Crippen LogP contribution in [0.4, 0.5) is 5.69 Å². The molecule has 1 heterocycles. The first-order chi connectivity index (χ1) is 8.74. The van der Waals surface area contributed by atoms with Gasteiger partial charge in [-0.2, -0.15) is 5.10 Å². The molecular weight excluding hydrogens is 248 g/mol. The number of nitrogens with one attached hydrogen (secondary N) is 1. The van der Waals surface area contributed by atoms with Crippen LogP contribution in [0.3, 0.4) is 0 Å². The zero-order valence-electron chi connectivity index (χ0n) is 9.68. The number of benzene rings is 1. The van der Waals surface area contributed by atoms with Crippen LogP contribution in [0, 0.1) is 0 Å². The van der Waals surface area contributed by atoms with Gasteiger partial charge < -0.3 is 5.73 Å². The van der Waals surface area contributed by atoms with Crippen molar-refractivity contribution in [1.82, 2.24) is 4.98 Å². The summed E-state index contributed by atoms with van der Waals surface area (Å²) in [6.07, 6.45) is 2.25. The zero-order chi connectivity index (χ0) is 12.8. The van der Waals surface area contributed by atoms with E-state index in [1.54, 1.807) is 18.3 Å². The molecule has 0 saturated carbocycles. The molecule has 0 radical (unpaired) electrons. The van der Waals surface area contributed by atoms with Crippen molar-refractivity contribution in [2.45, 2.75) is 6.42 Å². The number of nitrogens with two attached hydrogens (primary N) is 1. The van der Waals surface area contributed by atoms with Gasteiger partial charge in [-0.25, -0.2) is 0 Å². The van der Waals surface area contributed by atoms with Crippen LogP contribution < -0.4 is 11.2 Å². The quantitative estimate of drug-likeness (QED) is 0.505. The molecule has 1 aromatic carbocycles. The number of anilines is 1. The predicted molar refractivity (Wildman–Crippen MR) is 74.6 cm³/mol. The number of pyridine rings is 1. The summed E-state index contributed by atoms with van der Waals surface area (Å²) < 4.78 is 0. The Balaban J connectivity index is 1.95. The third kappa shape index (κ3) is 3.75. The zero-order valence-corrected chi connectivity index (χ0v) is 10.4. The van der Waals surface area contributed by atoms with Gasteiger partial charge in [-0.15, -0.1) is 0 Å². The summed E-state index contributed by atoms with van der Waals surface area (Å²) >= 11 is 5.79. The molecule has 2 aromatic rings. The molecular formula is C13H13ClN4. The maximum atomic E-state index is 5.80. The van der Waals surface area contributed by atoms with E-state index in [0.29, 0.717) is 17.3 Å². The minimum absolute atomic E-state index is 0.476. The summed E-state index contributed by atoms with van der Waals surface area (Å²) in [5.74, 6) is 0.476. The van der Waals surface area contributed by atoms with Gasteiger partial charge in [0, 0.05) is 23.3 Å². The summed E-state index contributed by atoms with van der Waals surface area (Å²) in [5.41, 5.74) is 10.4. The van der Waals surface area contributed by atoms with Gasteiger partial charge in [0.05, 0.1) is 5.69 Å².